The van der Waals surface area contributed by atoms with Crippen molar-refractivity contribution >= 4 is 39.1 Å². The summed E-state index contributed by atoms with van der Waals surface area (Å²) in [6, 6.07) is 22.7. The van der Waals surface area contributed by atoms with Gasteiger partial charge >= 0.3 is 12.1 Å². The van der Waals surface area contributed by atoms with Gasteiger partial charge in [-0.3, -0.25) is 9.59 Å². The molecule has 3 aromatic carbocycles. The lowest BCUT2D eigenvalue weighted by Crippen LogP contribution is -2.42. The van der Waals surface area contributed by atoms with Gasteiger partial charge in [0, 0.05) is 30.6 Å². The molecular formula is C37H36F3N3O6S. The number of carbonyl (C=O) groups excluding carboxylic acids is 2. The van der Waals surface area contributed by atoms with Crippen molar-refractivity contribution in [3.05, 3.63) is 108 Å². The first-order chi connectivity index (χ1) is 23.9. The van der Waals surface area contributed by atoms with Crippen molar-refractivity contribution in [2.75, 3.05) is 36.6 Å². The summed E-state index contributed by atoms with van der Waals surface area (Å²) in [5.41, 5.74) is 2.69. The molecule has 0 aliphatic carbocycles. The third-order valence-electron chi connectivity index (χ3n) is 7.88. The van der Waals surface area contributed by atoms with Crippen LogP contribution in [0.5, 0.6) is 5.75 Å². The van der Waals surface area contributed by atoms with Gasteiger partial charge in [0.2, 0.25) is 0 Å². The van der Waals surface area contributed by atoms with Crippen LogP contribution in [0.3, 0.4) is 0 Å². The maximum absolute atomic E-state index is 13.6. The molecule has 0 spiro atoms. The average Bonchev–Trinajstić information content (AvgIpc) is 3.30. The number of halogens is 3. The zero-order chi connectivity index (χ0) is 35.7. The van der Waals surface area contributed by atoms with Crippen LogP contribution in [0.1, 0.15) is 37.3 Å². The number of nitrogens with one attached hydrogen (secondary N) is 1. The minimum absolute atomic E-state index is 0.0281. The molecular weight excluding hydrogens is 671 g/mol. The number of benzene rings is 3. The molecule has 2 amide bonds. The topological polar surface area (TPSA) is 115 Å². The first kappa shape index (κ1) is 36.3. The highest BCUT2D eigenvalue weighted by atomic mass is 32.2. The van der Waals surface area contributed by atoms with E-state index in [1.165, 1.54) is 36.5 Å². The molecule has 0 fully saturated rings. The van der Waals surface area contributed by atoms with E-state index in [4.69, 9.17) is 9.47 Å². The maximum atomic E-state index is 13.6. The summed E-state index contributed by atoms with van der Waals surface area (Å²) in [6.07, 6.45) is -0.353. The highest BCUT2D eigenvalue weighted by molar-refractivity contribution is 7.90. The van der Waals surface area contributed by atoms with E-state index in [0.29, 0.717) is 47.3 Å². The van der Waals surface area contributed by atoms with Crippen molar-refractivity contribution in [2.24, 2.45) is 0 Å². The average molecular weight is 708 g/mol. The number of hydrogen-bond donors (Lipinski definition) is 1. The molecule has 262 valence electrons. The van der Waals surface area contributed by atoms with Gasteiger partial charge in [-0.25, -0.2) is 13.4 Å². The number of fused-ring (bicyclic) bond motifs is 1. The molecule has 0 bridgehead atoms. The van der Waals surface area contributed by atoms with Crippen molar-refractivity contribution in [3.8, 4) is 16.9 Å². The molecule has 0 atom stereocenters. The van der Waals surface area contributed by atoms with E-state index in [2.05, 4.69) is 17.2 Å². The third-order valence-corrected chi connectivity index (χ3v) is 9.48. The van der Waals surface area contributed by atoms with Crippen molar-refractivity contribution < 1.29 is 40.7 Å². The fourth-order valence-corrected chi connectivity index (χ4v) is 6.57. The van der Waals surface area contributed by atoms with E-state index >= 15 is 0 Å². The number of carbonyl (C=O) groups is 2. The number of unbranched alkanes of at least 4 members (excludes halogenated alkanes) is 1. The number of pyridine rings is 1. The number of nitrogens with zero attached hydrogens (tertiary/aromatic N) is 2. The molecule has 1 N–H and O–H groups in total. The van der Waals surface area contributed by atoms with Crippen molar-refractivity contribution in [2.45, 2.75) is 43.1 Å². The molecule has 1 aliphatic heterocycles. The summed E-state index contributed by atoms with van der Waals surface area (Å²) in [4.78, 5) is 30.5. The SMILES string of the molecule is CCCCOCCOc1ccc(-c2ccc3c(c2)C=C(C(=O)Nc2ccc(CS(=O)(=O)c4ccccn4)cc2)CCN3C(=O)C(F)(F)F)cc1. The van der Waals surface area contributed by atoms with Crippen LogP contribution in [0.2, 0.25) is 0 Å². The Bertz CT molecular complexity index is 1930. The van der Waals surface area contributed by atoms with Gasteiger partial charge in [-0.2, -0.15) is 13.2 Å². The molecule has 0 saturated carbocycles. The standard InChI is InChI=1S/C37H36F3N3O6S/c1-2-3-20-48-21-22-49-32-14-9-27(10-15-32)28-11-16-33-30(23-28)24-29(17-19-43(33)36(45)37(38,39)40)35(44)42-31-12-7-26(8-13-31)25-50(46,47)34-6-4-5-18-41-34/h4-16,18,23-24H,2-3,17,19-22,25H2,1H3,(H,42,44). The second-order valence-corrected chi connectivity index (χ2v) is 13.5. The monoisotopic (exact) mass is 707 g/mol. The molecule has 1 aromatic heterocycles. The number of anilines is 2. The lowest BCUT2D eigenvalue weighted by atomic mass is 10.00. The molecule has 4 aromatic rings. The Hall–Kier alpha value is -5.01. The predicted molar refractivity (Wildman–Crippen MR) is 184 cm³/mol. The van der Waals surface area contributed by atoms with E-state index in [0.717, 1.165) is 18.4 Å². The van der Waals surface area contributed by atoms with Gasteiger partial charge in [-0.05, 0) is 89.7 Å². The van der Waals surface area contributed by atoms with Gasteiger partial charge in [0.05, 0.1) is 18.0 Å². The van der Waals surface area contributed by atoms with Crippen LogP contribution in [0.4, 0.5) is 24.5 Å². The fourth-order valence-electron chi connectivity index (χ4n) is 5.28. The second kappa shape index (κ2) is 16.1. The van der Waals surface area contributed by atoms with Crippen molar-refractivity contribution in [3.63, 3.8) is 0 Å². The largest absolute Gasteiger partial charge is 0.491 e. The number of amides is 2. The summed E-state index contributed by atoms with van der Waals surface area (Å²) in [6.45, 7) is 3.24. The predicted octanol–water partition coefficient (Wildman–Crippen LogP) is 7.24. The molecule has 1 aliphatic rings. The first-order valence-electron chi connectivity index (χ1n) is 16.0. The summed E-state index contributed by atoms with van der Waals surface area (Å²) in [5.74, 6) is -2.27. The summed E-state index contributed by atoms with van der Waals surface area (Å²) in [7, 11) is -3.69. The minimum atomic E-state index is -5.12. The van der Waals surface area contributed by atoms with Gasteiger partial charge in [0.25, 0.3) is 5.91 Å². The minimum Gasteiger partial charge on any atom is -0.491 e. The lowest BCUT2D eigenvalue weighted by Gasteiger charge is -2.24. The number of ether oxygens (including phenoxy) is 2. The summed E-state index contributed by atoms with van der Waals surface area (Å²) >= 11 is 0. The van der Waals surface area contributed by atoms with Gasteiger partial charge in [0.15, 0.2) is 14.9 Å². The second-order valence-electron chi connectivity index (χ2n) is 11.6. The Morgan fingerprint density at radius 3 is 2.34 bits per heavy atom. The fraction of sp³-hybridized carbons (Fsp3) is 0.270. The van der Waals surface area contributed by atoms with Crippen LogP contribution in [0, 0.1) is 0 Å². The molecule has 50 heavy (non-hydrogen) atoms. The van der Waals surface area contributed by atoms with Crippen LogP contribution in [0.15, 0.2) is 102 Å². The summed E-state index contributed by atoms with van der Waals surface area (Å²) in [5, 5.41) is 2.68. The van der Waals surface area contributed by atoms with Crippen molar-refractivity contribution in [1.29, 1.82) is 0 Å². The summed E-state index contributed by atoms with van der Waals surface area (Å²) < 4.78 is 77.5. The Balaban J connectivity index is 1.33. The van der Waals surface area contributed by atoms with Gasteiger partial charge in [0.1, 0.15) is 12.4 Å². The van der Waals surface area contributed by atoms with Gasteiger partial charge in [-0.15, -0.1) is 0 Å². The molecule has 13 heteroatoms. The Kier molecular flexibility index (Phi) is 11.7. The first-order valence-corrected chi connectivity index (χ1v) is 17.7. The highest BCUT2D eigenvalue weighted by Crippen LogP contribution is 2.35. The zero-order valence-electron chi connectivity index (χ0n) is 27.3. The van der Waals surface area contributed by atoms with Gasteiger partial charge in [-0.1, -0.05) is 49.7 Å². The van der Waals surface area contributed by atoms with E-state index in [-0.39, 0.29) is 40.6 Å². The van der Waals surface area contributed by atoms with Crippen LogP contribution in [-0.2, 0) is 29.9 Å². The molecule has 2 heterocycles. The Morgan fingerprint density at radius 2 is 1.66 bits per heavy atom. The van der Waals surface area contributed by atoms with Crippen molar-refractivity contribution in [1.82, 2.24) is 4.98 Å². The quantitative estimate of drug-likeness (QED) is 0.146. The zero-order valence-corrected chi connectivity index (χ0v) is 28.1. The van der Waals surface area contributed by atoms with E-state index < -0.39 is 27.8 Å². The number of sulfone groups is 1. The third kappa shape index (κ3) is 9.36. The van der Waals surface area contributed by atoms with Crippen LogP contribution < -0.4 is 15.0 Å². The number of rotatable bonds is 13. The number of hydrogen-bond acceptors (Lipinski definition) is 7. The van der Waals surface area contributed by atoms with Crippen LogP contribution in [0.25, 0.3) is 17.2 Å². The molecule has 0 unspecified atom stereocenters. The lowest BCUT2D eigenvalue weighted by molar-refractivity contribution is -0.170. The maximum Gasteiger partial charge on any atom is 0.471 e. The molecule has 5 rings (SSSR count). The normalized spacial score (nSPS) is 13.2. The molecule has 0 radical (unpaired) electrons. The van der Waals surface area contributed by atoms with Crippen LogP contribution in [-0.4, -0.2) is 57.8 Å². The Morgan fingerprint density at radius 1 is 0.920 bits per heavy atom. The Labute approximate surface area is 288 Å². The number of aromatic nitrogens is 1. The van der Waals surface area contributed by atoms with Gasteiger partial charge < -0.3 is 19.7 Å². The molecule has 0 saturated heterocycles. The van der Waals surface area contributed by atoms with Crippen LogP contribution >= 0.6 is 0 Å². The smallest absolute Gasteiger partial charge is 0.471 e. The van der Waals surface area contributed by atoms with E-state index in [9.17, 15) is 31.2 Å². The number of alkyl halides is 3. The molecule has 9 nitrogen and oxygen atoms in total. The van der Waals surface area contributed by atoms with E-state index in [1.807, 2.05) is 12.1 Å². The highest BCUT2D eigenvalue weighted by Gasteiger charge is 2.44. The van der Waals surface area contributed by atoms with E-state index in [1.54, 1.807) is 48.5 Å².